The SMILES string of the molecule is CC(C)(Cc1ccccc1Br)CC(O)(/C=N/c1cccc2[nH]ncc12)C(F)(F)F. The minimum absolute atomic E-state index is 0.308. The van der Waals surface area contributed by atoms with Crippen LogP contribution in [0.15, 0.2) is 58.1 Å². The topological polar surface area (TPSA) is 61.3 Å². The molecule has 3 rings (SSSR count). The van der Waals surface area contributed by atoms with Gasteiger partial charge >= 0.3 is 6.18 Å². The number of aromatic amines is 1. The van der Waals surface area contributed by atoms with Crippen molar-refractivity contribution < 1.29 is 18.3 Å². The van der Waals surface area contributed by atoms with Crippen molar-refractivity contribution in [3.05, 3.63) is 58.7 Å². The van der Waals surface area contributed by atoms with Gasteiger partial charge in [0, 0.05) is 16.1 Å². The van der Waals surface area contributed by atoms with Crippen molar-refractivity contribution in [2.75, 3.05) is 0 Å². The number of fused-ring (bicyclic) bond motifs is 1. The van der Waals surface area contributed by atoms with Gasteiger partial charge in [0.15, 0.2) is 5.60 Å². The highest BCUT2D eigenvalue weighted by atomic mass is 79.9. The summed E-state index contributed by atoms with van der Waals surface area (Å²) in [5.74, 6) is 0. The van der Waals surface area contributed by atoms with Crippen LogP contribution in [0.3, 0.4) is 0 Å². The first-order valence-electron chi connectivity index (χ1n) is 9.01. The first kappa shape index (κ1) is 21.5. The Hall–Kier alpha value is -2.19. The lowest BCUT2D eigenvalue weighted by Crippen LogP contribution is -2.50. The first-order valence-corrected chi connectivity index (χ1v) is 9.80. The van der Waals surface area contributed by atoms with Crippen LogP contribution in [0.2, 0.25) is 0 Å². The minimum Gasteiger partial charge on any atom is -0.376 e. The third kappa shape index (κ3) is 4.87. The molecule has 4 nitrogen and oxygen atoms in total. The van der Waals surface area contributed by atoms with Gasteiger partial charge in [-0.15, -0.1) is 0 Å². The van der Waals surface area contributed by atoms with Crippen LogP contribution >= 0.6 is 15.9 Å². The number of nitrogens with zero attached hydrogens (tertiary/aromatic N) is 2. The zero-order valence-electron chi connectivity index (χ0n) is 16.0. The number of hydrogen-bond acceptors (Lipinski definition) is 3. The van der Waals surface area contributed by atoms with Crippen LogP contribution in [0.25, 0.3) is 10.9 Å². The molecule has 0 saturated carbocycles. The Kier molecular flexibility index (Phi) is 5.87. The summed E-state index contributed by atoms with van der Waals surface area (Å²) in [5, 5.41) is 17.8. The van der Waals surface area contributed by atoms with Crippen LogP contribution in [0.5, 0.6) is 0 Å². The fraction of sp³-hybridized carbons (Fsp3) is 0.333. The highest BCUT2D eigenvalue weighted by molar-refractivity contribution is 9.10. The molecule has 1 aromatic heterocycles. The van der Waals surface area contributed by atoms with Gasteiger partial charge in [-0.2, -0.15) is 18.3 Å². The van der Waals surface area contributed by atoms with Crippen molar-refractivity contribution in [3.63, 3.8) is 0 Å². The number of hydrogen-bond donors (Lipinski definition) is 2. The molecule has 0 aliphatic rings. The van der Waals surface area contributed by atoms with E-state index in [1.165, 1.54) is 6.20 Å². The molecule has 1 unspecified atom stereocenters. The number of benzene rings is 2. The molecule has 0 amide bonds. The number of halogens is 4. The average Bonchev–Trinajstić information content (AvgIpc) is 3.10. The number of alkyl halides is 3. The lowest BCUT2D eigenvalue weighted by Gasteiger charge is -2.35. The maximum absolute atomic E-state index is 13.8. The summed E-state index contributed by atoms with van der Waals surface area (Å²) in [6.07, 6.45) is -2.94. The normalized spacial score (nSPS) is 15.1. The maximum Gasteiger partial charge on any atom is 0.422 e. The third-order valence-corrected chi connectivity index (χ3v) is 5.52. The lowest BCUT2D eigenvalue weighted by molar-refractivity contribution is -0.237. The van der Waals surface area contributed by atoms with E-state index in [4.69, 9.17) is 0 Å². The van der Waals surface area contributed by atoms with Gasteiger partial charge in [-0.25, -0.2) is 0 Å². The van der Waals surface area contributed by atoms with Crippen LogP contribution in [0.1, 0.15) is 25.8 Å². The van der Waals surface area contributed by atoms with Gasteiger partial charge in [0.2, 0.25) is 0 Å². The number of aliphatic imine (C=N–C) groups is 1. The summed E-state index contributed by atoms with van der Waals surface area (Å²) in [6.45, 7) is 3.40. The Balaban J connectivity index is 1.90. The summed E-state index contributed by atoms with van der Waals surface area (Å²) in [6, 6.07) is 12.4. The van der Waals surface area contributed by atoms with Gasteiger partial charge in [0.25, 0.3) is 0 Å². The second-order valence-corrected chi connectivity index (χ2v) is 8.75. The molecule has 2 N–H and O–H groups in total. The number of H-pyrrole nitrogens is 1. The fourth-order valence-corrected chi connectivity index (χ4v) is 3.83. The number of aromatic nitrogens is 2. The molecule has 0 aliphatic heterocycles. The molecule has 8 heteroatoms. The molecule has 0 saturated heterocycles. The molecule has 1 atom stereocenters. The van der Waals surface area contributed by atoms with Crippen LogP contribution in [-0.2, 0) is 6.42 Å². The third-order valence-electron chi connectivity index (χ3n) is 4.74. The molecule has 0 aliphatic carbocycles. The van der Waals surface area contributed by atoms with Gasteiger partial charge in [0.05, 0.1) is 17.4 Å². The van der Waals surface area contributed by atoms with E-state index in [0.717, 1.165) is 10.0 Å². The molecule has 2 aromatic carbocycles. The molecule has 0 bridgehead atoms. The number of nitrogens with one attached hydrogen (secondary N) is 1. The summed E-state index contributed by atoms with van der Waals surface area (Å²) < 4.78 is 42.3. The summed E-state index contributed by atoms with van der Waals surface area (Å²) in [5.41, 5.74) is -2.07. The Morgan fingerprint density at radius 1 is 1.14 bits per heavy atom. The van der Waals surface area contributed by atoms with E-state index in [2.05, 4.69) is 31.1 Å². The minimum atomic E-state index is -4.87. The first-order chi connectivity index (χ1) is 13.5. The predicted molar refractivity (Wildman–Crippen MR) is 111 cm³/mol. The van der Waals surface area contributed by atoms with Crippen LogP contribution in [0, 0.1) is 5.41 Å². The van der Waals surface area contributed by atoms with Gasteiger partial charge in [0.1, 0.15) is 0 Å². The smallest absolute Gasteiger partial charge is 0.376 e. The van der Waals surface area contributed by atoms with Crippen molar-refractivity contribution in [1.82, 2.24) is 10.2 Å². The summed E-state index contributed by atoms with van der Waals surface area (Å²) >= 11 is 3.43. The summed E-state index contributed by atoms with van der Waals surface area (Å²) in [4.78, 5) is 3.99. The largest absolute Gasteiger partial charge is 0.422 e. The zero-order valence-corrected chi connectivity index (χ0v) is 17.5. The van der Waals surface area contributed by atoms with Crippen LogP contribution < -0.4 is 0 Å². The van der Waals surface area contributed by atoms with Crippen molar-refractivity contribution >= 4 is 38.7 Å². The highest BCUT2D eigenvalue weighted by Crippen LogP contribution is 2.41. The van der Waals surface area contributed by atoms with Crippen molar-refractivity contribution in [1.29, 1.82) is 0 Å². The molecule has 29 heavy (non-hydrogen) atoms. The molecular formula is C21H21BrF3N3O. The maximum atomic E-state index is 13.8. The molecule has 3 aromatic rings. The Morgan fingerprint density at radius 2 is 1.86 bits per heavy atom. The second-order valence-electron chi connectivity index (χ2n) is 7.90. The molecule has 1 heterocycles. The molecular weight excluding hydrogens is 447 g/mol. The summed E-state index contributed by atoms with van der Waals surface area (Å²) in [7, 11) is 0. The molecule has 0 fully saturated rings. The Labute approximate surface area is 175 Å². The number of rotatable bonds is 6. The second kappa shape index (κ2) is 7.91. The van der Waals surface area contributed by atoms with E-state index < -0.39 is 23.6 Å². The lowest BCUT2D eigenvalue weighted by atomic mass is 9.76. The van der Waals surface area contributed by atoms with E-state index in [0.29, 0.717) is 29.2 Å². The fourth-order valence-electron chi connectivity index (χ4n) is 3.41. The van der Waals surface area contributed by atoms with E-state index >= 15 is 0 Å². The molecule has 0 spiro atoms. The Morgan fingerprint density at radius 3 is 2.55 bits per heavy atom. The van der Waals surface area contributed by atoms with E-state index in [-0.39, 0.29) is 0 Å². The van der Waals surface area contributed by atoms with Crippen LogP contribution in [-0.4, -0.2) is 33.3 Å². The standard InChI is InChI=1S/C21H21BrF3N3O/c1-19(2,10-14-6-3-4-7-16(14)22)12-20(29,21(23,24)25)13-26-17-8-5-9-18-15(17)11-27-28-18/h3-9,11,13,29H,10,12H2,1-2H3,(H,27,28)/b26-13+. The van der Waals surface area contributed by atoms with E-state index in [1.807, 2.05) is 24.3 Å². The van der Waals surface area contributed by atoms with Gasteiger partial charge in [-0.05, 0) is 42.0 Å². The monoisotopic (exact) mass is 467 g/mol. The van der Waals surface area contributed by atoms with Crippen LogP contribution in [0.4, 0.5) is 18.9 Å². The average molecular weight is 468 g/mol. The highest BCUT2D eigenvalue weighted by Gasteiger charge is 2.55. The molecule has 154 valence electrons. The van der Waals surface area contributed by atoms with Crippen molar-refractivity contribution in [2.24, 2.45) is 10.4 Å². The van der Waals surface area contributed by atoms with Gasteiger partial charge < -0.3 is 5.11 Å². The van der Waals surface area contributed by atoms with Gasteiger partial charge in [-0.3, -0.25) is 10.1 Å². The number of aliphatic hydroxyl groups is 1. The van der Waals surface area contributed by atoms with Crippen molar-refractivity contribution in [2.45, 2.75) is 38.5 Å². The Bertz CT molecular complexity index is 1030. The predicted octanol–water partition coefficient (Wildman–Crippen LogP) is 5.98. The van der Waals surface area contributed by atoms with E-state index in [9.17, 15) is 18.3 Å². The van der Waals surface area contributed by atoms with Gasteiger partial charge in [-0.1, -0.05) is 54.0 Å². The van der Waals surface area contributed by atoms with E-state index in [1.54, 1.807) is 32.0 Å². The quantitative estimate of drug-likeness (QED) is 0.438. The van der Waals surface area contributed by atoms with Crippen molar-refractivity contribution in [3.8, 4) is 0 Å². The zero-order chi connectivity index (χ0) is 21.3. The molecule has 0 radical (unpaired) electrons.